The van der Waals surface area contributed by atoms with Crippen LogP contribution in [0.25, 0.3) is 0 Å². The summed E-state index contributed by atoms with van der Waals surface area (Å²) >= 11 is 0. The first-order valence-corrected chi connectivity index (χ1v) is 7.96. The standard InChI is InChI=1S/C15H26N4O3/c1-5-13(14-16-11(4)22-18-14)17-15(20)19-7-6-12(8-19)21-9-10(2)3/h10,12-13H,5-9H2,1-4H3,(H,17,20)/t12-,13-/m1/s1. The van der Waals surface area contributed by atoms with Crippen LogP contribution in [0.4, 0.5) is 4.79 Å². The highest BCUT2D eigenvalue weighted by molar-refractivity contribution is 5.75. The molecule has 7 heteroatoms. The van der Waals surface area contributed by atoms with Gasteiger partial charge in [0.05, 0.1) is 12.1 Å². The summed E-state index contributed by atoms with van der Waals surface area (Å²) in [5, 5.41) is 6.86. The fourth-order valence-corrected chi connectivity index (χ4v) is 2.42. The summed E-state index contributed by atoms with van der Waals surface area (Å²) in [4.78, 5) is 18.3. The number of nitrogens with zero attached hydrogens (tertiary/aromatic N) is 3. The number of likely N-dealkylation sites (tertiary alicyclic amines) is 1. The maximum absolute atomic E-state index is 12.4. The SMILES string of the molecule is CC[C@@H](NC(=O)N1CC[C@@H](OCC(C)C)C1)c1noc(C)n1. The molecule has 1 N–H and O–H groups in total. The number of ether oxygens (including phenoxy) is 1. The number of aryl methyl sites for hydroxylation is 1. The molecule has 2 atom stereocenters. The minimum Gasteiger partial charge on any atom is -0.376 e. The second-order valence-corrected chi connectivity index (χ2v) is 6.17. The van der Waals surface area contributed by atoms with Crippen molar-refractivity contribution in [2.45, 2.75) is 52.7 Å². The van der Waals surface area contributed by atoms with Crippen molar-refractivity contribution in [3.8, 4) is 0 Å². The Labute approximate surface area is 131 Å². The van der Waals surface area contributed by atoms with Crippen molar-refractivity contribution in [1.29, 1.82) is 0 Å². The number of hydrogen-bond donors (Lipinski definition) is 1. The Kier molecular flexibility index (Phi) is 5.76. The summed E-state index contributed by atoms with van der Waals surface area (Å²) in [6.45, 7) is 10.1. The Bertz CT molecular complexity index is 489. The number of hydrogen-bond acceptors (Lipinski definition) is 5. The molecule has 2 rings (SSSR count). The molecule has 0 unspecified atom stereocenters. The zero-order valence-electron chi connectivity index (χ0n) is 13.8. The molecule has 1 saturated heterocycles. The fourth-order valence-electron chi connectivity index (χ4n) is 2.42. The second-order valence-electron chi connectivity index (χ2n) is 6.17. The maximum Gasteiger partial charge on any atom is 0.318 e. The van der Waals surface area contributed by atoms with Crippen LogP contribution in [-0.4, -0.2) is 46.9 Å². The second kappa shape index (κ2) is 7.58. The molecule has 0 bridgehead atoms. The van der Waals surface area contributed by atoms with Crippen molar-refractivity contribution < 1.29 is 14.1 Å². The van der Waals surface area contributed by atoms with Crippen LogP contribution in [0.2, 0.25) is 0 Å². The predicted molar refractivity (Wildman–Crippen MR) is 81.4 cm³/mol. The summed E-state index contributed by atoms with van der Waals surface area (Å²) in [5.41, 5.74) is 0. The molecular weight excluding hydrogens is 284 g/mol. The summed E-state index contributed by atoms with van der Waals surface area (Å²) in [6.07, 6.45) is 1.74. The molecule has 22 heavy (non-hydrogen) atoms. The molecule has 0 aromatic carbocycles. The number of nitrogens with one attached hydrogen (secondary N) is 1. The Morgan fingerprint density at radius 3 is 2.91 bits per heavy atom. The maximum atomic E-state index is 12.4. The fraction of sp³-hybridized carbons (Fsp3) is 0.800. The molecule has 1 aliphatic heterocycles. The Hall–Kier alpha value is -1.63. The lowest BCUT2D eigenvalue weighted by atomic mass is 10.2. The van der Waals surface area contributed by atoms with Crippen LogP contribution in [-0.2, 0) is 4.74 Å². The monoisotopic (exact) mass is 310 g/mol. The van der Waals surface area contributed by atoms with Crippen molar-refractivity contribution in [1.82, 2.24) is 20.4 Å². The van der Waals surface area contributed by atoms with E-state index in [1.807, 2.05) is 6.92 Å². The topological polar surface area (TPSA) is 80.5 Å². The number of amides is 2. The van der Waals surface area contributed by atoms with Gasteiger partial charge in [0.1, 0.15) is 0 Å². The molecule has 1 aliphatic rings. The third kappa shape index (κ3) is 4.43. The molecule has 2 amide bonds. The van der Waals surface area contributed by atoms with Crippen molar-refractivity contribution in [2.24, 2.45) is 5.92 Å². The minimum absolute atomic E-state index is 0.0926. The quantitative estimate of drug-likeness (QED) is 0.872. The van der Waals surface area contributed by atoms with Gasteiger partial charge in [-0.1, -0.05) is 25.9 Å². The van der Waals surface area contributed by atoms with Gasteiger partial charge in [-0.05, 0) is 18.8 Å². The molecule has 1 aromatic rings. The van der Waals surface area contributed by atoms with Gasteiger partial charge < -0.3 is 19.5 Å². The molecule has 124 valence electrons. The zero-order valence-corrected chi connectivity index (χ0v) is 13.8. The van der Waals surface area contributed by atoms with Crippen LogP contribution in [0.1, 0.15) is 51.4 Å². The summed E-state index contributed by atoms with van der Waals surface area (Å²) in [5.74, 6) is 1.54. The normalized spacial score (nSPS) is 19.7. The lowest BCUT2D eigenvalue weighted by molar-refractivity contribution is 0.0435. The number of carbonyl (C=O) groups excluding carboxylic acids is 1. The highest BCUT2D eigenvalue weighted by Crippen LogP contribution is 2.17. The third-order valence-electron chi connectivity index (χ3n) is 3.66. The molecule has 7 nitrogen and oxygen atoms in total. The van der Waals surface area contributed by atoms with Gasteiger partial charge in [0.25, 0.3) is 0 Å². The number of urea groups is 1. The average molecular weight is 310 g/mol. The van der Waals surface area contributed by atoms with Gasteiger partial charge in [0.2, 0.25) is 5.89 Å². The first-order chi connectivity index (χ1) is 10.5. The van der Waals surface area contributed by atoms with E-state index in [4.69, 9.17) is 9.26 Å². The van der Waals surface area contributed by atoms with E-state index in [0.29, 0.717) is 30.6 Å². The van der Waals surface area contributed by atoms with Gasteiger partial charge in [-0.3, -0.25) is 0 Å². The van der Waals surface area contributed by atoms with Crippen molar-refractivity contribution >= 4 is 6.03 Å². The van der Waals surface area contributed by atoms with Gasteiger partial charge in [0, 0.05) is 26.6 Å². The molecule has 2 heterocycles. The van der Waals surface area contributed by atoms with Gasteiger partial charge in [-0.2, -0.15) is 4.98 Å². The molecule has 0 saturated carbocycles. The highest BCUT2D eigenvalue weighted by Gasteiger charge is 2.29. The van der Waals surface area contributed by atoms with Crippen LogP contribution in [0.5, 0.6) is 0 Å². The van der Waals surface area contributed by atoms with Gasteiger partial charge in [-0.15, -0.1) is 0 Å². The lowest BCUT2D eigenvalue weighted by Gasteiger charge is -2.21. The van der Waals surface area contributed by atoms with Gasteiger partial charge >= 0.3 is 6.03 Å². The highest BCUT2D eigenvalue weighted by atomic mass is 16.5. The van der Waals surface area contributed by atoms with Crippen LogP contribution < -0.4 is 5.32 Å². The minimum atomic E-state index is -0.222. The zero-order chi connectivity index (χ0) is 16.1. The van der Waals surface area contributed by atoms with E-state index in [1.54, 1.807) is 11.8 Å². The Morgan fingerprint density at radius 2 is 2.32 bits per heavy atom. The largest absolute Gasteiger partial charge is 0.376 e. The van der Waals surface area contributed by atoms with Crippen LogP contribution >= 0.6 is 0 Å². The van der Waals surface area contributed by atoms with E-state index in [2.05, 4.69) is 29.3 Å². The lowest BCUT2D eigenvalue weighted by Crippen LogP contribution is -2.41. The van der Waals surface area contributed by atoms with Crippen molar-refractivity contribution in [3.63, 3.8) is 0 Å². The van der Waals surface area contributed by atoms with E-state index in [9.17, 15) is 4.79 Å². The molecule has 0 spiro atoms. The van der Waals surface area contributed by atoms with E-state index in [1.165, 1.54) is 0 Å². The van der Waals surface area contributed by atoms with E-state index < -0.39 is 0 Å². The summed E-state index contributed by atoms with van der Waals surface area (Å²) in [7, 11) is 0. The summed E-state index contributed by atoms with van der Waals surface area (Å²) in [6, 6.07) is -0.314. The van der Waals surface area contributed by atoms with Crippen LogP contribution in [0, 0.1) is 12.8 Å². The van der Waals surface area contributed by atoms with E-state index >= 15 is 0 Å². The average Bonchev–Trinajstić information content (AvgIpc) is 3.11. The van der Waals surface area contributed by atoms with Crippen molar-refractivity contribution in [2.75, 3.05) is 19.7 Å². The molecule has 1 fully saturated rings. The molecular formula is C15H26N4O3. The Balaban J connectivity index is 1.84. The first-order valence-electron chi connectivity index (χ1n) is 7.96. The van der Waals surface area contributed by atoms with Gasteiger partial charge in [0.15, 0.2) is 5.82 Å². The Morgan fingerprint density at radius 1 is 1.55 bits per heavy atom. The van der Waals surface area contributed by atoms with Gasteiger partial charge in [-0.25, -0.2) is 4.79 Å². The van der Waals surface area contributed by atoms with Crippen molar-refractivity contribution in [3.05, 3.63) is 11.7 Å². The first kappa shape index (κ1) is 16.7. The molecule has 0 radical (unpaired) electrons. The smallest absolute Gasteiger partial charge is 0.318 e. The predicted octanol–water partition coefficient (Wildman–Crippen LogP) is 2.29. The number of carbonyl (C=O) groups is 1. The summed E-state index contributed by atoms with van der Waals surface area (Å²) < 4.78 is 10.8. The van der Waals surface area contributed by atoms with Crippen LogP contribution in [0.3, 0.4) is 0 Å². The number of rotatable bonds is 6. The van der Waals surface area contributed by atoms with E-state index in [0.717, 1.165) is 19.6 Å². The molecule has 0 aliphatic carbocycles. The molecule has 1 aromatic heterocycles. The third-order valence-corrected chi connectivity index (χ3v) is 3.66. The number of aromatic nitrogens is 2. The van der Waals surface area contributed by atoms with Crippen LogP contribution in [0.15, 0.2) is 4.52 Å². The van der Waals surface area contributed by atoms with E-state index in [-0.39, 0.29) is 18.2 Å².